The molecule has 7 aliphatic rings. The maximum absolute atomic E-state index is 13.2. The molecule has 1 aromatic carbocycles. The lowest BCUT2D eigenvalue weighted by atomic mass is 9.88. The minimum absolute atomic E-state index is 0.0130. The Labute approximate surface area is 438 Å². The van der Waals surface area contributed by atoms with Crippen LogP contribution in [0.1, 0.15) is 258 Å². The number of nitrogens with zero attached hydrogens (tertiary/aromatic N) is 9. The zero-order chi connectivity index (χ0) is 55.2. The monoisotopic (exact) mass is 1050 g/mol. The third-order valence-corrected chi connectivity index (χ3v) is 16.0. The van der Waals surface area contributed by atoms with Gasteiger partial charge in [-0.2, -0.15) is 34.4 Å². The Bertz CT molecular complexity index is 2950. The van der Waals surface area contributed by atoms with Crippen molar-refractivity contribution in [2.75, 3.05) is 5.32 Å². The van der Waals surface area contributed by atoms with E-state index < -0.39 is 18.8 Å². The second-order valence-corrected chi connectivity index (χ2v) is 24.6. The van der Waals surface area contributed by atoms with Crippen LogP contribution in [0.15, 0.2) is 36.5 Å². The van der Waals surface area contributed by atoms with Crippen LogP contribution in [0.4, 0.5) is 36.4 Å². The van der Waals surface area contributed by atoms with Gasteiger partial charge in [-0.15, -0.1) is 0 Å². The van der Waals surface area contributed by atoms with E-state index in [4.69, 9.17) is 5.26 Å². The van der Waals surface area contributed by atoms with Crippen LogP contribution in [-0.4, -0.2) is 39.1 Å². The molecule has 0 radical (unpaired) electrons. The molecule has 4 aromatic heterocycles. The number of anilines is 1. The summed E-state index contributed by atoms with van der Waals surface area (Å²) in [6, 6.07) is 9.29. The van der Waals surface area contributed by atoms with Crippen molar-refractivity contribution in [2.45, 2.75) is 214 Å². The highest BCUT2D eigenvalue weighted by Gasteiger charge is 2.55. The highest BCUT2D eigenvalue weighted by molar-refractivity contribution is 5.65. The van der Waals surface area contributed by atoms with E-state index in [1.54, 1.807) is 9.36 Å². The van der Waals surface area contributed by atoms with E-state index >= 15 is 0 Å². The maximum Gasteiger partial charge on any atom is 0.288 e. The van der Waals surface area contributed by atoms with Gasteiger partial charge in [-0.25, -0.2) is 22.0 Å². The van der Waals surface area contributed by atoms with E-state index in [2.05, 4.69) is 73.0 Å². The quantitative estimate of drug-likeness (QED) is 0.155. The molecule has 0 saturated heterocycles. The Morgan fingerprint density at radius 1 is 0.693 bits per heavy atom. The van der Waals surface area contributed by atoms with Crippen molar-refractivity contribution < 1.29 is 30.7 Å². The fraction of sp³-hybridized carbons (Fsp3) is 0.638. The van der Waals surface area contributed by atoms with Gasteiger partial charge in [0.2, 0.25) is 0 Å². The van der Waals surface area contributed by atoms with Crippen LogP contribution in [0.5, 0.6) is 0 Å². The standard InChI is InChI=1S/C12H16F2N2.C12H20F2N2.C12H14FN.C11H14F2N2.C11H13N3/c1-5(2)16-11(12(13)14)9-8-4-7(8)6(3)10(9)15-16;1-8(2)16-10(11(3,4)5)7-9(15-16)12(6,13)14;1-7(2)12-8(3)14-11-6-9(13)4-5-10(11)12;1-5(2)15-8-4-6-3-7(6)9(8)10(14-15)11(12)13;1-6(2)14-10-4-7-3-8(7)11(10)9(5-12)13-14/h5-8,12H,4H2,1-3H3;7-8H,1-6H3;4-7,12,14H,3H2,1-2H3;5-7,11H,3-4H2,1-2H3;6-8H,3-4H2,1-2H3. The minimum atomic E-state index is -2.87. The number of alkyl halides is 6. The lowest BCUT2D eigenvalue weighted by Gasteiger charge is -2.22. The van der Waals surface area contributed by atoms with E-state index in [1.165, 1.54) is 40.6 Å². The second-order valence-electron chi connectivity index (χ2n) is 24.6. The molecule has 8 atom stereocenters. The number of hydrogen-bond donors (Lipinski definition) is 1. The summed E-state index contributed by atoms with van der Waals surface area (Å²) in [5.74, 6) is 1.61. The largest absolute Gasteiger partial charge is 0.359 e. The number of halogens is 7. The molecule has 0 amide bonds. The van der Waals surface area contributed by atoms with Crippen molar-refractivity contribution in [1.29, 1.82) is 5.26 Å². The molecule has 8 unspecified atom stereocenters. The van der Waals surface area contributed by atoms with E-state index in [0.717, 1.165) is 83.7 Å². The van der Waals surface area contributed by atoms with Gasteiger partial charge in [-0.1, -0.05) is 54.2 Å². The molecular formula is C58H77F7N10. The number of nitriles is 1. The first-order valence-corrected chi connectivity index (χ1v) is 27.0. The number of aromatic nitrogens is 8. The zero-order valence-corrected chi connectivity index (χ0v) is 46.4. The van der Waals surface area contributed by atoms with Crippen LogP contribution in [0, 0.1) is 40.8 Å². The summed E-state index contributed by atoms with van der Waals surface area (Å²) < 4.78 is 98.3. The van der Waals surface area contributed by atoms with Gasteiger partial charge in [-0.3, -0.25) is 18.7 Å². The number of allylic oxidation sites excluding steroid dienone is 1. The van der Waals surface area contributed by atoms with E-state index in [1.807, 2.05) is 73.1 Å². The fourth-order valence-corrected chi connectivity index (χ4v) is 12.2. The molecule has 408 valence electrons. The Morgan fingerprint density at radius 2 is 1.25 bits per heavy atom. The molecular weight excluding hydrogens is 970 g/mol. The summed E-state index contributed by atoms with van der Waals surface area (Å²) in [5, 5.41) is 29.0. The summed E-state index contributed by atoms with van der Waals surface area (Å²) in [5.41, 5.74) is 10.8. The van der Waals surface area contributed by atoms with Crippen LogP contribution in [0.2, 0.25) is 0 Å². The molecule has 0 spiro atoms. The molecule has 17 heteroatoms. The summed E-state index contributed by atoms with van der Waals surface area (Å²) >= 11 is 0. The van der Waals surface area contributed by atoms with Crippen molar-refractivity contribution >= 4 is 5.69 Å². The van der Waals surface area contributed by atoms with E-state index in [-0.39, 0.29) is 46.4 Å². The summed E-state index contributed by atoms with van der Waals surface area (Å²) in [6.45, 7) is 33.2. The van der Waals surface area contributed by atoms with Gasteiger partial charge in [0.25, 0.3) is 18.8 Å². The molecule has 10 nitrogen and oxygen atoms in total. The van der Waals surface area contributed by atoms with Crippen molar-refractivity contribution in [1.82, 2.24) is 39.1 Å². The van der Waals surface area contributed by atoms with Crippen LogP contribution >= 0.6 is 0 Å². The van der Waals surface area contributed by atoms with Crippen molar-refractivity contribution in [2.24, 2.45) is 23.7 Å². The average Bonchev–Trinajstić information content (AvgIpc) is 3.99. The first kappa shape index (κ1) is 55.8. The topological polar surface area (TPSA) is 107 Å². The normalized spacial score (nSPS) is 23.8. The van der Waals surface area contributed by atoms with Crippen LogP contribution in [-0.2, 0) is 24.2 Å². The predicted octanol–water partition coefficient (Wildman–Crippen LogP) is 16.1. The molecule has 3 fully saturated rings. The number of nitrogens with one attached hydrogen (secondary N) is 1. The SMILES string of the molecule is C=C1Nc2cc(F)ccc2C1C(C)C.CC(C)n1nc(C#N)c2c1CC1CC21.CC(C)n1nc(C(C)(F)F)cc1C(C)(C)C.CC(C)n1nc(C(F)F)c2c1CC1CC21.CC1c2nn(C(C)C)c(C(F)F)c2C2CC12. The zero-order valence-electron chi connectivity index (χ0n) is 46.4. The Kier molecular flexibility index (Phi) is 15.3. The number of rotatable bonds is 8. The minimum Gasteiger partial charge on any atom is -0.359 e. The molecule has 3 saturated carbocycles. The van der Waals surface area contributed by atoms with Crippen LogP contribution in [0.3, 0.4) is 0 Å². The molecule has 12 rings (SSSR count). The molecule has 5 aromatic rings. The van der Waals surface area contributed by atoms with Crippen molar-refractivity contribution in [3.8, 4) is 6.07 Å². The Balaban J connectivity index is 0.000000125. The summed E-state index contributed by atoms with van der Waals surface area (Å²) in [7, 11) is 0. The lowest BCUT2D eigenvalue weighted by molar-refractivity contribution is 0.0119. The van der Waals surface area contributed by atoms with Crippen molar-refractivity contribution in [3.05, 3.63) is 110 Å². The van der Waals surface area contributed by atoms with Gasteiger partial charge in [-0.05, 0) is 153 Å². The first-order chi connectivity index (χ1) is 35.0. The maximum atomic E-state index is 13.2. The summed E-state index contributed by atoms with van der Waals surface area (Å²) in [6.07, 6.45) is 0.744. The predicted molar refractivity (Wildman–Crippen MR) is 278 cm³/mol. The van der Waals surface area contributed by atoms with Crippen molar-refractivity contribution in [3.63, 3.8) is 0 Å². The fourth-order valence-electron chi connectivity index (χ4n) is 12.2. The number of fused-ring (bicyclic) bond motifs is 10. The third-order valence-electron chi connectivity index (χ3n) is 16.0. The number of hydrogen-bond acceptors (Lipinski definition) is 6. The lowest BCUT2D eigenvalue weighted by Crippen LogP contribution is -2.19. The Morgan fingerprint density at radius 3 is 1.75 bits per heavy atom. The smallest absolute Gasteiger partial charge is 0.288 e. The van der Waals surface area contributed by atoms with Gasteiger partial charge in [0.05, 0.1) is 5.69 Å². The molecule has 1 N–H and O–H groups in total. The molecule has 1 aliphatic heterocycles. The highest BCUT2D eigenvalue weighted by atomic mass is 19.3. The Hall–Kier alpha value is -5.40. The van der Waals surface area contributed by atoms with Gasteiger partial charge in [0.1, 0.15) is 29.0 Å². The highest BCUT2D eigenvalue weighted by Crippen LogP contribution is 2.64. The molecule has 6 aliphatic carbocycles. The molecule has 75 heavy (non-hydrogen) atoms. The second kappa shape index (κ2) is 20.5. The third kappa shape index (κ3) is 10.8. The average molecular weight is 1050 g/mol. The van der Waals surface area contributed by atoms with E-state index in [0.29, 0.717) is 59.1 Å². The number of benzene rings is 1. The van der Waals surface area contributed by atoms with Gasteiger partial charge >= 0.3 is 0 Å². The van der Waals surface area contributed by atoms with Crippen LogP contribution in [0.25, 0.3) is 0 Å². The van der Waals surface area contributed by atoms with Gasteiger partial charge in [0.15, 0.2) is 5.69 Å². The van der Waals surface area contributed by atoms with Crippen LogP contribution < -0.4 is 5.32 Å². The van der Waals surface area contributed by atoms with Gasteiger partial charge < -0.3 is 5.32 Å². The van der Waals surface area contributed by atoms with Gasteiger partial charge in [0, 0.05) is 93.5 Å². The summed E-state index contributed by atoms with van der Waals surface area (Å²) in [4.78, 5) is 0. The first-order valence-electron chi connectivity index (χ1n) is 27.0. The van der Waals surface area contributed by atoms with E-state index in [9.17, 15) is 30.7 Å². The molecule has 5 heterocycles. The molecule has 0 bridgehead atoms.